The van der Waals surface area contributed by atoms with Gasteiger partial charge in [-0.2, -0.15) is 5.26 Å². The van der Waals surface area contributed by atoms with Crippen molar-refractivity contribution in [3.8, 4) is 11.8 Å². The molecule has 0 saturated heterocycles. The van der Waals surface area contributed by atoms with Gasteiger partial charge < -0.3 is 15.2 Å². The van der Waals surface area contributed by atoms with Crippen molar-refractivity contribution < 1.29 is 9.59 Å². The second-order valence-corrected chi connectivity index (χ2v) is 6.22. The molecule has 1 heterocycles. The van der Waals surface area contributed by atoms with E-state index in [1.165, 1.54) is 0 Å². The fraction of sp³-hybridized carbons (Fsp3) is 0.143. The first-order chi connectivity index (χ1) is 13.6. The third kappa shape index (κ3) is 4.62. The highest BCUT2D eigenvalue weighted by molar-refractivity contribution is 5.96. The number of rotatable bonds is 6. The first-order valence-corrected chi connectivity index (χ1v) is 8.73. The van der Waals surface area contributed by atoms with E-state index in [0.717, 1.165) is 11.3 Å². The maximum Gasteiger partial charge on any atom is 0.251 e. The van der Waals surface area contributed by atoms with Gasteiger partial charge in [-0.05, 0) is 48.9 Å². The number of carbonyl (C=O) groups excluding carboxylic acids is 2. The number of anilines is 1. The van der Waals surface area contributed by atoms with Crippen LogP contribution in [0, 0.1) is 11.3 Å². The molecule has 7 nitrogen and oxygen atoms in total. The van der Waals surface area contributed by atoms with Crippen molar-refractivity contribution in [2.45, 2.75) is 19.4 Å². The summed E-state index contributed by atoms with van der Waals surface area (Å²) in [5.41, 5.74) is 3.01. The number of nitrogens with zero attached hydrogens (tertiary/aromatic N) is 3. The van der Waals surface area contributed by atoms with Crippen molar-refractivity contribution in [3.05, 3.63) is 78.4 Å². The van der Waals surface area contributed by atoms with E-state index < -0.39 is 0 Å². The molecule has 0 spiro atoms. The Bertz CT molecular complexity index is 987. The molecule has 3 aromatic rings. The summed E-state index contributed by atoms with van der Waals surface area (Å²) >= 11 is 0. The topological polar surface area (TPSA) is 99.8 Å². The van der Waals surface area contributed by atoms with Crippen molar-refractivity contribution in [2.24, 2.45) is 0 Å². The zero-order valence-electron chi connectivity index (χ0n) is 15.3. The fourth-order valence-corrected chi connectivity index (χ4v) is 2.69. The van der Waals surface area contributed by atoms with Crippen LogP contribution in [0.25, 0.3) is 5.69 Å². The van der Waals surface area contributed by atoms with Gasteiger partial charge in [0.2, 0.25) is 5.91 Å². The van der Waals surface area contributed by atoms with Crippen LogP contribution in [-0.2, 0) is 4.79 Å². The number of imidazole rings is 1. The van der Waals surface area contributed by atoms with Crippen LogP contribution in [-0.4, -0.2) is 21.4 Å². The van der Waals surface area contributed by atoms with Gasteiger partial charge in [-0.15, -0.1) is 0 Å². The first kappa shape index (κ1) is 18.9. The standard InChI is InChI=1S/C21H19N5O2/c1-15(16-4-8-19(9-5-16)26-13-12-23-14-26)24-21(28)17-2-6-18(7-3-17)25-20(27)10-11-22/h2-9,12-15H,10H2,1H3,(H,24,28)(H,25,27). The molecular formula is C21H19N5O2. The van der Waals surface area contributed by atoms with Crippen molar-refractivity contribution in [1.29, 1.82) is 5.26 Å². The van der Waals surface area contributed by atoms with Crippen LogP contribution in [0.4, 0.5) is 5.69 Å². The van der Waals surface area contributed by atoms with Crippen LogP contribution in [0.3, 0.4) is 0 Å². The summed E-state index contributed by atoms with van der Waals surface area (Å²) in [7, 11) is 0. The van der Waals surface area contributed by atoms with E-state index in [4.69, 9.17) is 5.26 Å². The number of nitriles is 1. The van der Waals surface area contributed by atoms with Gasteiger partial charge in [-0.1, -0.05) is 12.1 Å². The number of hydrogen-bond donors (Lipinski definition) is 2. The normalized spacial score (nSPS) is 11.3. The Balaban J connectivity index is 1.61. The lowest BCUT2D eigenvalue weighted by molar-refractivity contribution is -0.115. The van der Waals surface area contributed by atoms with Crippen LogP contribution in [0.2, 0.25) is 0 Å². The number of benzene rings is 2. The molecule has 140 valence electrons. The lowest BCUT2D eigenvalue weighted by Crippen LogP contribution is -2.26. The lowest BCUT2D eigenvalue weighted by Gasteiger charge is -2.15. The minimum atomic E-state index is -0.382. The van der Waals surface area contributed by atoms with Crippen LogP contribution >= 0.6 is 0 Å². The van der Waals surface area contributed by atoms with Crippen molar-refractivity contribution >= 4 is 17.5 Å². The van der Waals surface area contributed by atoms with Gasteiger partial charge in [0.15, 0.2) is 0 Å². The average Bonchev–Trinajstić information content (AvgIpc) is 3.23. The lowest BCUT2D eigenvalue weighted by atomic mass is 10.1. The molecule has 0 bridgehead atoms. The molecule has 3 rings (SSSR count). The minimum Gasteiger partial charge on any atom is -0.346 e. The van der Waals surface area contributed by atoms with E-state index in [9.17, 15) is 9.59 Å². The van der Waals surface area contributed by atoms with Gasteiger partial charge in [-0.3, -0.25) is 9.59 Å². The largest absolute Gasteiger partial charge is 0.346 e. The molecule has 28 heavy (non-hydrogen) atoms. The molecule has 0 saturated carbocycles. The highest BCUT2D eigenvalue weighted by Crippen LogP contribution is 2.17. The van der Waals surface area contributed by atoms with Crippen LogP contribution < -0.4 is 10.6 Å². The quantitative estimate of drug-likeness (QED) is 0.693. The molecule has 1 unspecified atom stereocenters. The Labute approximate surface area is 162 Å². The summed E-state index contributed by atoms with van der Waals surface area (Å²) in [5, 5.41) is 14.1. The van der Waals surface area contributed by atoms with Gasteiger partial charge in [0.25, 0.3) is 5.91 Å². The predicted molar refractivity (Wildman–Crippen MR) is 105 cm³/mol. The van der Waals surface area contributed by atoms with Crippen molar-refractivity contribution in [2.75, 3.05) is 5.32 Å². The number of carbonyl (C=O) groups is 2. The van der Waals surface area contributed by atoms with E-state index in [0.29, 0.717) is 11.3 Å². The fourth-order valence-electron chi connectivity index (χ4n) is 2.69. The van der Waals surface area contributed by atoms with Gasteiger partial charge in [0, 0.05) is 29.3 Å². The maximum atomic E-state index is 12.5. The van der Waals surface area contributed by atoms with E-state index >= 15 is 0 Å². The van der Waals surface area contributed by atoms with Crippen molar-refractivity contribution in [1.82, 2.24) is 14.9 Å². The Morgan fingerprint density at radius 3 is 2.46 bits per heavy atom. The molecule has 0 radical (unpaired) electrons. The molecule has 1 aromatic heterocycles. The van der Waals surface area contributed by atoms with Gasteiger partial charge >= 0.3 is 0 Å². The Morgan fingerprint density at radius 1 is 1.14 bits per heavy atom. The Morgan fingerprint density at radius 2 is 1.86 bits per heavy atom. The highest BCUT2D eigenvalue weighted by atomic mass is 16.2. The molecule has 0 aliphatic rings. The summed E-state index contributed by atoms with van der Waals surface area (Å²) in [6.07, 6.45) is 5.11. The predicted octanol–water partition coefficient (Wildman–Crippen LogP) is 3.22. The van der Waals surface area contributed by atoms with Gasteiger partial charge in [-0.25, -0.2) is 4.98 Å². The second kappa shape index (κ2) is 8.64. The third-order valence-corrected chi connectivity index (χ3v) is 4.21. The van der Waals surface area contributed by atoms with Crippen LogP contribution in [0.15, 0.2) is 67.3 Å². The van der Waals surface area contributed by atoms with Crippen molar-refractivity contribution in [3.63, 3.8) is 0 Å². The first-order valence-electron chi connectivity index (χ1n) is 8.73. The van der Waals surface area contributed by atoms with Gasteiger partial charge in [0.1, 0.15) is 6.42 Å². The molecule has 0 aliphatic carbocycles. The number of nitrogens with one attached hydrogen (secondary N) is 2. The monoisotopic (exact) mass is 373 g/mol. The Kier molecular flexibility index (Phi) is 5.82. The number of amides is 2. The maximum absolute atomic E-state index is 12.5. The summed E-state index contributed by atoms with van der Waals surface area (Å²) < 4.78 is 1.91. The molecule has 2 N–H and O–H groups in total. The molecular weight excluding hydrogens is 354 g/mol. The molecule has 2 aromatic carbocycles. The van der Waals surface area contributed by atoms with E-state index in [2.05, 4.69) is 15.6 Å². The molecule has 1 atom stereocenters. The zero-order chi connectivity index (χ0) is 19.9. The molecule has 2 amide bonds. The highest BCUT2D eigenvalue weighted by Gasteiger charge is 2.12. The van der Waals surface area contributed by atoms with E-state index in [1.54, 1.807) is 42.9 Å². The van der Waals surface area contributed by atoms with Crippen LogP contribution in [0.5, 0.6) is 0 Å². The third-order valence-electron chi connectivity index (χ3n) is 4.21. The van der Waals surface area contributed by atoms with Gasteiger partial charge in [0.05, 0.1) is 18.4 Å². The van der Waals surface area contributed by atoms with E-state index in [1.807, 2.05) is 42.0 Å². The second-order valence-electron chi connectivity index (χ2n) is 6.22. The molecule has 0 aliphatic heterocycles. The smallest absolute Gasteiger partial charge is 0.251 e. The summed E-state index contributed by atoms with van der Waals surface area (Å²) in [6.45, 7) is 1.92. The number of hydrogen-bond acceptors (Lipinski definition) is 4. The Hall–Kier alpha value is -3.92. The summed E-state index contributed by atoms with van der Waals surface area (Å²) in [6, 6.07) is 16.0. The zero-order valence-corrected chi connectivity index (χ0v) is 15.3. The number of aromatic nitrogens is 2. The average molecular weight is 373 g/mol. The molecule has 7 heteroatoms. The van der Waals surface area contributed by atoms with Crippen LogP contribution in [0.1, 0.15) is 35.3 Å². The summed E-state index contributed by atoms with van der Waals surface area (Å²) in [4.78, 5) is 27.9. The molecule has 0 fully saturated rings. The SMILES string of the molecule is CC(NC(=O)c1ccc(NC(=O)CC#N)cc1)c1ccc(-n2ccnc2)cc1. The summed E-state index contributed by atoms with van der Waals surface area (Å²) in [5.74, 6) is -0.589. The van der Waals surface area contributed by atoms with E-state index in [-0.39, 0.29) is 24.3 Å². The minimum absolute atomic E-state index is 0.167.